The van der Waals surface area contributed by atoms with Crippen LogP contribution in [0.4, 0.5) is 4.39 Å². The number of imidazole rings is 1. The van der Waals surface area contributed by atoms with Crippen molar-refractivity contribution in [3.63, 3.8) is 0 Å². The van der Waals surface area contributed by atoms with Gasteiger partial charge >= 0.3 is 0 Å². The van der Waals surface area contributed by atoms with Gasteiger partial charge < -0.3 is 9.30 Å². The minimum atomic E-state index is -0.497. The summed E-state index contributed by atoms with van der Waals surface area (Å²) in [5.74, 6) is 0.565. The summed E-state index contributed by atoms with van der Waals surface area (Å²) in [5.41, 5.74) is 3.89. The maximum atomic E-state index is 13.4. The Balaban J connectivity index is 1.49. The Morgan fingerprint density at radius 1 is 1.19 bits per heavy atom. The van der Waals surface area contributed by atoms with Gasteiger partial charge in [-0.1, -0.05) is 30.3 Å². The van der Waals surface area contributed by atoms with E-state index in [1.54, 1.807) is 29.9 Å². The van der Waals surface area contributed by atoms with Gasteiger partial charge in [0.05, 0.1) is 18.0 Å². The van der Waals surface area contributed by atoms with E-state index in [-0.39, 0.29) is 17.6 Å². The second-order valence-corrected chi connectivity index (χ2v) is 8.05. The molecule has 0 amide bonds. The monoisotopic (exact) mass is 418 g/mol. The molecule has 4 heterocycles. The lowest BCUT2D eigenvalue weighted by Gasteiger charge is -2.15. The van der Waals surface area contributed by atoms with E-state index < -0.39 is 5.95 Å². The molecule has 0 aliphatic carbocycles. The molecular formula is C24H23FN4O2. The van der Waals surface area contributed by atoms with Gasteiger partial charge in [-0.15, -0.1) is 0 Å². The first-order valence-corrected chi connectivity index (χ1v) is 10.4. The lowest BCUT2D eigenvalue weighted by atomic mass is 10.0. The van der Waals surface area contributed by atoms with Crippen molar-refractivity contribution in [2.45, 2.75) is 31.8 Å². The third-order valence-corrected chi connectivity index (χ3v) is 6.12. The summed E-state index contributed by atoms with van der Waals surface area (Å²) in [7, 11) is 1.79. The van der Waals surface area contributed by atoms with Gasteiger partial charge in [0.2, 0.25) is 5.95 Å². The predicted octanol–water partition coefficient (Wildman–Crippen LogP) is 3.72. The molecule has 3 aromatic heterocycles. The Hall–Kier alpha value is -3.32. The fourth-order valence-electron chi connectivity index (χ4n) is 4.29. The van der Waals surface area contributed by atoms with Crippen molar-refractivity contribution < 1.29 is 9.13 Å². The Morgan fingerprint density at radius 3 is 2.71 bits per heavy atom. The normalized spacial score (nSPS) is 18.7. The topological polar surface area (TPSA) is 61.4 Å². The number of fused-ring (bicyclic) bond motifs is 1. The molecule has 2 unspecified atom stereocenters. The largest absolute Gasteiger partial charge is 0.378 e. The van der Waals surface area contributed by atoms with Crippen molar-refractivity contribution in [1.82, 2.24) is 18.9 Å². The van der Waals surface area contributed by atoms with Crippen molar-refractivity contribution in [3.05, 3.63) is 88.2 Å². The van der Waals surface area contributed by atoms with Gasteiger partial charge in [-0.2, -0.15) is 4.39 Å². The first-order valence-electron chi connectivity index (χ1n) is 10.4. The second-order valence-electron chi connectivity index (χ2n) is 8.05. The van der Waals surface area contributed by atoms with Gasteiger partial charge in [0.25, 0.3) is 5.56 Å². The zero-order valence-electron chi connectivity index (χ0n) is 17.5. The molecular weight excluding hydrogens is 395 g/mol. The van der Waals surface area contributed by atoms with Crippen LogP contribution in [0.25, 0.3) is 16.8 Å². The van der Waals surface area contributed by atoms with Gasteiger partial charge in [-0.25, -0.2) is 9.97 Å². The van der Waals surface area contributed by atoms with Crippen molar-refractivity contribution in [3.8, 4) is 11.3 Å². The molecule has 1 aliphatic heterocycles. The van der Waals surface area contributed by atoms with Crippen molar-refractivity contribution in [2.75, 3.05) is 6.61 Å². The van der Waals surface area contributed by atoms with Crippen LogP contribution in [0.5, 0.6) is 0 Å². The molecule has 0 N–H and O–H groups in total. The standard InChI is InChI=1S/C24H23FN4O2/c1-15-19(10-11-31-15)23-26-13-21-24(30)28(2)18(14-29(21)23)12-16-6-8-17(9-7-16)20-4-3-5-22(25)27-20/h3-9,13-15,19H,10-12H2,1-2H3. The van der Waals surface area contributed by atoms with Crippen LogP contribution in [-0.2, 0) is 18.2 Å². The summed E-state index contributed by atoms with van der Waals surface area (Å²) in [5, 5.41) is 0. The van der Waals surface area contributed by atoms with E-state index in [0.29, 0.717) is 24.2 Å². The van der Waals surface area contributed by atoms with Crippen LogP contribution in [0.1, 0.15) is 36.3 Å². The molecule has 1 aliphatic rings. The average molecular weight is 418 g/mol. The summed E-state index contributed by atoms with van der Waals surface area (Å²) in [6, 6.07) is 12.6. The lowest BCUT2D eigenvalue weighted by molar-refractivity contribution is 0.117. The quantitative estimate of drug-likeness (QED) is 0.474. The molecule has 1 aromatic carbocycles. The Kier molecular flexibility index (Phi) is 4.90. The molecule has 1 saturated heterocycles. The van der Waals surface area contributed by atoms with Gasteiger partial charge in [-0.3, -0.25) is 9.20 Å². The van der Waals surface area contributed by atoms with E-state index in [4.69, 9.17) is 4.74 Å². The molecule has 5 rings (SSSR count). The van der Waals surface area contributed by atoms with Crippen LogP contribution >= 0.6 is 0 Å². The first kappa shape index (κ1) is 19.6. The maximum absolute atomic E-state index is 13.4. The highest BCUT2D eigenvalue weighted by atomic mass is 19.1. The van der Waals surface area contributed by atoms with E-state index in [2.05, 4.69) is 16.9 Å². The molecule has 0 saturated carbocycles. The first-order chi connectivity index (χ1) is 15.0. The zero-order chi connectivity index (χ0) is 21.5. The lowest BCUT2D eigenvalue weighted by Crippen LogP contribution is -2.24. The van der Waals surface area contributed by atoms with Crippen molar-refractivity contribution in [2.24, 2.45) is 7.05 Å². The van der Waals surface area contributed by atoms with E-state index >= 15 is 0 Å². The zero-order valence-corrected chi connectivity index (χ0v) is 17.5. The van der Waals surface area contributed by atoms with Crippen molar-refractivity contribution >= 4 is 5.52 Å². The molecule has 4 aromatic rings. The van der Waals surface area contributed by atoms with Gasteiger partial charge in [-0.05, 0) is 31.0 Å². The molecule has 1 fully saturated rings. The number of hydrogen-bond donors (Lipinski definition) is 0. The number of pyridine rings is 1. The van der Waals surface area contributed by atoms with Crippen LogP contribution < -0.4 is 5.56 Å². The smallest absolute Gasteiger partial charge is 0.276 e. The number of hydrogen-bond acceptors (Lipinski definition) is 4. The van der Waals surface area contributed by atoms with Gasteiger partial charge in [0.15, 0.2) is 0 Å². The van der Waals surface area contributed by atoms with Gasteiger partial charge in [0.1, 0.15) is 11.3 Å². The molecule has 7 heteroatoms. The Labute approximate surface area is 179 Å². The summed E-state index contributed by atoms with van der Waals surface area (Å²) in [6.45, 7) is 2.76. The molecule has 0 spiro atoms. The van der Waals surface area contributed by atoms with E-state index in [9.17, 15) is 9.18 Å². The highest BCUT2D eigenvalue weighted by Crippen LogP contribution is 2.30. The van der Waals surface area contributed by atoms with Crippen LogP contribution in [0, 0.1) is 5.95 Å². The Morgan fingerprint density at radius 2 is 2.00 bits per heavy atom. The number of ether oxygens (including phenoxy) is 1. The average Bonchev–Trinajstić information content (AvgIpc) is 3.38. The van der Waals surface area contributed by atoms with E-state index in [0.717, 1.165) is 29.1 Å². The molecule has 6 nitrogen and oxygen atoms in total. The third kappa shape index (κ3) is 3.55. The number of rotatable bonds is 4. The second kappa shape index (κ2) is 7.74. The summed E-state index contributed by atoms with van der Waals surface area (Å²) in [4.78, 5) is 21.4. The molecule has 0 radical (unpaired) electrons. The minimum Gasteiger partial charge on any atom is -0.378 e. The summed E-state index contributed by atoms with van der Waals surface area (Å²) < 4.78 is 22.7. The number of halogens is 1. The van der Waals surface area contributed by atoms with Gasteiger partial charge in [0, 0.05) is 43.4 Å². The van der Waals surface area contributed by atoms with Crippen LogP contribution in [0.15, 0.2) is 59.7 Å². The number of aromatic nitrogens is 4. The molecule has 31 heavy (non-hydrogen) atoms. The molecule has 158 valence electrons. The molecule has 2 atom stereocenters. The summed E-state index contributed by atoms with van der Waals surface area (Å²) >= 11 is 0. The predicted molar refractivity (Wildman–Crippen MR) is 116 cm³/mol. The fraction of sp³-hybridized carbons (Fsp3) is 0.292. The van der Waals surface area contributed by atoms with E-state index in [1.807, 2.05) is 34.9 Å². The maximum Gasteiger partial charge on any atom is 0.276 e. The minimum absolute atomic E-state index is 0.0663. The fourth-order valence-corrected chi connectivity index (χ4v) is 4.29. The van der Waals surface area contributed by atoms with Crippen LogP contribution in [0.3, 0.4) is 0 Å². The van der Waals surface area contributed by atoms with Crippen molar-refractivity contribution in [1.29, 1.82) is 0 Å². The number of benzene rings is 1. The summed E-state index contributed by atoms with van der Waals surface area (Å²) in [6.07, 6.45) is 5.24. The molecule has 0 bridgehead atoms. The van der Waals surface area contributed by atoms with E-state index in [1.165, 1.54) is 6.07 Å². The number of nitrogens with zero attached hydrogens (tertiary/aromatic N) is 4. The SMILES string of the molecule is CC1OCCC1c1ncc2c(=O)n(C)c(Cc3ccc(-c4cccc(F)n4)cc3)cn12. The Bertz CT molecular complexity index is 1310. The van der Waals surface area contributed by atoms with Crippen LogP contribution in [0.2, 0.25) is 0 Å². The third-order valence-electron chi connectivity index (χ3n) is 6.12. The highest BCUT2D eigenvalue weighted by Gasteiger charge is 2.29. The highest BCUT2D eigenvalue weighted by molar-refractivity contribution is 5.59. The van der Waals surface area contributed by atoms with Crippen LogP contribution in [-0.4, -0.2) is 31.6 Å².